The van der Waals surface area contributed by atoms with E-state index >= 15 is 0 Å². The standard InChI is InChI=1S/C33H60O2/c1-3-5-7-9-11-13-15-17-27-19-23-31-28(25-27)20-21-29-26-30(22-24-32(29)31)35-33(34)18-16-14-12-10-8-6-4-2/h27-32H,3-26H2,1-2H3. The minimum atomic E-state index is 0.0848. The Labute approximate surface area is 219 Å². The van der Waals surface area contributed by atoms with Gasteiger partial charge < -0.3 is 4.74 Å². The van der Waals surface area contributed by atoms with Gasteiger partial charge in [0.2, 0.25) is 0 Å². The number of rotatable bonds is 17. The van der Waals surface area contributed by atoms with Crippen LogP contribution >= 0.6 is 0 Å². The summed E-state index contributed by atoms with van der Waals surface area (Å²) in [6, 6.07) is 0. The fourth-order valence-electron chi connectivity index (χ4n) is 8.08. The fraction of sp³-hybridized carbons (Fsp3) is 0.970. The van der Waals surface area contributed by atoms with Gasteiger partial charge in [-0.3, -0.25) is 4.79 Å². The molecule has 0 bridgehead atoms. The molecule has 0 N–H and O–H groups in total. The van der Waals surface area contributed by atoms with Crippen LogP contribution in [-0.2, 0) is 9.53 Å². The van der Waals surface area contributed by atoms with Gasteiger partial charge in [0.1, 0.15) is 6.10 Å². The van der Waals surface area contributed by atoms with Gasteiger partial charge in [0.15, 0.2) is 0 Å². The average molecular weight is 489 g/mol. The molecular formula is C33H60O2. The van der Waals surface area contributed by atoms with Crippen molar-refractivity contribution in [2.24, 2.45) is 29.6 Å². The molecule has 3 saturated carbocycles. The zero-order chi connectivity index (χ0) is 24.7. The highest BCUT2D eigenvalue weighted by Gasteiger charge is 2.44. The lowest BCUT2D eigenvalue weighted by molar-refractivity contribution is -0.153. The van der Waals surface area contributed by atoms with E-state index in [0.29, 0.717) is 6.42 Å². The third kappa shape index (κ3) is 10.4. The van der Waals surface area contributed by atoms with Crippen LogP contribution in [0.15, 0.2) is 0 Å². The summed E-state index contributed by atoms with van der Waals surface area (Å²) in [5.41, 5.74) is 0. The van der Waals surface area contributed by atoms with E-state index in [0.717, 1.165) is 48.9 Å². The molecule has 0 aromatic carbocycles. The summed E-state index contributed by atoms with van der Waals surface area (Å²) in [5, 5.41) is 0. The van der Waals surface area contributed by atoms with Gasteiger partial charge in [-0.1, -0.05) is 110 Å². The molecule has 0 heterocycles. The number of carbonyl (C=O) groups excluding carboxylic acids is 1. The molecule has 204 valence electrons. The molecule has 35 heavy (non-hydrogen) atoms. The smallest absolute Gasteiger partial charge is 0.306 e. The number of carbonyl (C=O) groups is 1. The van der Waals surface area contributed by atoms with Crippen LogP contribution in [0.5, 0.6) is 0 Å². The van der Waals surface area contributed by atoms with Crippen molar-refractivity contribution in [1.29, 1.82) is 0 Å². The quantitative estimate of drug-likeness (QED) is 0.150. The zero-order valence-electron chi connectivity index (χ0n) is 23.8. The average Bonchev–Trinajstić information content (AvgIpc) is 2.87. The monoisotopic (exact) mass is 488 g/mol. The summed E-state index contributed by atoms with van der Waals surface area (Å²) < 4.78 is 5.99. The fourth-order valence-corrected chi connectivity index (χ4v) is 8.08. The molecule has 0 radical (unpaired) electrons. The highest BCUT2D eigenvalue weighted by Crippen LogP contribution is 2.53. The molecular weight excluding hydrogens is 428 g/mol. The molecule has 0 saturated heterocycles. The first-order valence-electron chi connectivity index (χ1n) is 16.4. The topological polar surface area (TPSA) is 26.3 Å². The Morgan fingerprint density at radius 1 is 0.600 bits per heavy atom. The Kier molecular flexibility index (Phi) is 14.2. The number of esters is 1. The Balaban J connectivity index is 1.27. The molecule has 6 atom stereocenters. The highest BCUT2D eigenvalue weighted by molar-refractivity contribution is 5.69. The van der Waals surface area contributed by atoms with Gasteiger partial charge in [-0.25, -0.2) is 0 Å². The molecule has 0 aromatic heterocycles. The summed E-state index contributed by atoms with van der Waals surface area (Å²) in [7, 11) is 0. The van der Waals surface area contributed by atoms with Crippen LogP contribution in [0.4, 0.5) is 0 Å². The second-order valence-corrected chi connectivity index (χ2v) is 12.8. The number of ether oxygens (including phenoxy) is 1. The van der Waals surface area contributed by atoms with E-state index in [9.17, 15) is 4.79 Å². The Hall–Kier alpha value is -0.530. The summed E-state index contributed by atoms with van der Waals surface area (Å²) in [5.74, 6) is 4.88. The van der Waals surface area contributed by atoms with Crippen molar-refractivity contribution in [3.8, 4) is 0 Å². The molecule has 6 unspecified atom stereocenters. The minimum absolute atomic E-state index is 0.0848. The van der Waals surface area contributed by atoms with Crippen LogP contribution in [0.25, 0.3) is 0 Å². The number of hydrogen-bond acceptors (Lipinski definition) is 2. The van der Waals surface area contributed by atoms with E-state index in [4.69, 9.17) is 4.74 Å². The lowest BCUT2D eigenvalue weighted by Gasteiger charge is -2.50. The summed E-state index contributed by atoms with van der Waals surface area (Å²) in [4.78, 5) is 12.4. The predicted octanol–water partition coefficient (Wildman–Crippen LogP) is 10.4. The van der Waals surface area contributed by atoms with Crippen LogP contribution in [0.2, 0.25) is 0 Å². The van der Waals surface area contributed by atoms with Crippen molar-refractivity contribution >= 4 is 5.97 Å². The van der Waals surface area contributed by atoms with Crippen molar-refractivity contribution in [1.82, 2.24) is 0 Å². The van der Waals surface area contributed by atoms with Gasteiger partial charge in [0.05, 0.1) is 0 Å². The molecule has 3 aliphatic carbocycles. The largest absolute Gasteiger partial charge is 0.462 e. The maximum Gasteiger partial charge on any atom is 0.306 e. The number of hydrogen-bond donors (Lipinski definition) is 0. The van der Waals surface area contributed by atoms with Gasteiger partial charge in [-0.15, -0.1) is 0 Å². The van der Waals surface area contributed by atoms with E-state index in [2.05, 4.69) is 13.8 Å². The van der Waals surface area contributed by atoms with Gasteiger partial charge in [-0.2, -0.15) is 0 Å². The molecule has 0 aromatic rings. The number of fused-ring (bicyclic) bond motifs is 3. The van der Waals surface area contributed by atoms with Crippen molar-refractivity contribution in [3.05, 3.63) is 0 Å². The predicted molar refractivity (Wildman–Crippen MR) is 149 cm³/mol. The highest BCUT2D eigenvalue weighted by atomic mass is 16.5. The summed E-state index contributed by atoms with van der Waals surface area (Å²) >= 11 is 0. The van der Waals surface area contributed by atoms with Crippen LogP contribution in [0.3, 0.4) is 0 Å². The normalized spacial score (nSPS) is 30.5. The molecule has 3 aliphatic rings. The second-order valence-electron chi connectivity index (χ2n) is 12.8. The van der Waals surface area contributed by atoms with E-state index in [-0.39, 0.29) is 12.1 Å². The Bertz CT molecular complexity index is 557. The van der Waals surface area contributed by atoms with E-state index in [1.807, 2.05) is 0 Å². The van der Waals surface area contributed by atoms with Crippen LogP contribution in [-0.4, -0.2) is 12.1 Å². The molecule has 0 aliphatic heterocycles. The van der Waals surface area contributed by atoms with Gasteiger partial charge in [0, 0.05) is 6.42 Å². The molecule has 2 nitrogen and oxygen atoms in total. The van der Waals surface area contributed by atoms with Gasteiger partial charge >= 0.3 is 5.97 Å². The minimum Gasteiger partial charge on any atom is -0.462 e. The van der Waals surface area contributed by atoms with Gasteiger partial charge in [-0.05, 0) is 81.0 Å². The third-order valence-electron chi connectivity index (χ3n) is 10.1. The molecule has 0 amide bonds. The summed E-state index contributed by atoms with van der Waals surface area (Å²) in [6.45, 7) is 4.57. The zero-order valence-corrected chi connectivity index (χ0v) is 23.8. The van der Waals surface area contributed by atoms with E-state index in [1.54, 1.807) is 0 Å². The van der Waals surface area contributed by atoms with Crippen molar-refractivity contribution in [2.45, 2.75) is 174 Å². The van der Waals surface area contributed by atoms with Gasteiger partial charge in [0.25, 0.3) is 0 Å². The molecule has 0 spiro atoms. The molecule has 3 fully saturated rings. The first kappa shape index (κ1) is 29.0. The second kappa shape index (κ2) is 17.1. The van der Waals surface area contributed by atoms with E-state index in [1.165, 1.54) is 128 Å². The van der Waals surface area contributed by atoms with Crippen LogP contribution in [0, 0.1) is 29.6 Å². The first-order valence-corrected chi connectivity index (χ1v) is 16.4. The van der Waals surface area contributed by atoms with Crippen molar-refractivity contribution in [3.63, 3.8) is 0 Å². The van der Waals surface area contributed by atoms with E-state index < -0.39 is 0 Å². The number of unbranched alkanes of at least 4 members (excludes halogenated alkanes) is 12. The van der Waals surface area contributed by atoms with Crippen molar-refractivity contribution < 1.29 is 9.53 Å². The first-order chi connectivity index (χ1) is 17.2. The lowest BCUT2D eigenvalue weighted by Crippen LogP contribution is -2.43. The molecule has 2 heteroatoms. The SMILES string of the molecule is CCCCCCCCCC(=O)OC1CCC2C(CCC3CC(CCCCCCCCC)CCC32)C1. The van der Waals surface area contributed by atoms with Crippen molar-refractivity contribution in [2.75, 3.05) is 0 Å². The van der Waals surface area contributed by atoms with Crippen LogP contribution in [0.1, 0.15) is 168 Å². The lowest BCUT2D eigenvalue weighted by atomic mass is 9.56. The van der Waals surface area contributed by atoms with Crippen LogP contribution < -0.4 is 0 Å². The Morgan fingerprint density at radius 3 is 1.80 bits per heavy atom. The molecule has 3 rings (SSSR count). The Morgan fingerprint density at radius 2 is 1.14 bits per heavy atom. The summed E-state index contributed by atoms with van der Waals surface area (Å²) in [6.07, 6.45) is 32.3. The maximum absolute atomic E-state index is 12.4. The third-order valence-corrected chi connectivity index (χ3v) is 10.1. The maximum atomic E-state index is 12.4.